The van der Waals surface area contributed by atoms with Crippen molar-refractivity contribution in [1.82, 2.24) is 0 Å². The van der Waals surface area contributed by atoms with E-state index in [0.29, 0.717) is 6.42 Å². The fourth-order valence-corrected chi connectivity index (χ4v) is 5.82. The summed E-state index contributed by atoms with van der Waals surface area (Å²) in [4.78, 5) is 11.6. The molecule has 3 N–H and O–H groups in total. The zero-order valence-electron chi connectivity index (χ0n) is 17.8. The van der Waals surface area contributed by atoms with Crippen molar-refractivity contribution in [3.05, 3.63) is 28.8 Å². The van der Waals surface area contributed by atoms with E-state index in [4.69, 9.17) is 4.18 Å². The Balaban J connectivity index is 2.13. The Hall–Kier alpha value is -2.06. The van der Waals surface area contributed by atoms with Crippen LogP contribution in [0.3, 0.4) is 0 Å². The normalized spacial score (nSPS) is 28.4. The van der Waals surface area contributed by atoms with Crippen molar-refractivity contribution in [2.75, 3.05) is 0 Å². The number of fused-ring (bicyclic) bond motifs is 1. The molecule has 2 aliphatic rings. The Morgan fingerprint density at radius 3 is 2.53 bits per heavy atom. The van der Waals surface area contributed by atoms with Gasteiger partial charge in [-0.2, -0.15) is 8.42 Å². The lowest BCUT2D eigenvalue weighted by atomic mass is 9.51. The third-order valence-corrected chi connectivity index (χ3v) is 7.66. The largest absolute Gasteiger partial charge is 0.504 e. The number of phenolic OH excluding ortho intramolecular Hbond substituents is 2. The number of aromatic hydroxyl groups is 2. The molecule has 1 aromatic rings. The molecular weight excluding hydrogens is 408 g/mol. The molecule has 8 heteroatoms. The molecule has 3 rings (SSSR count). The van der Waals surface area contributed by atoms with Gasteiger partial charge in [0.05, 0.1) is 0 Å². The summed E-state index contributed by atoms with van der Waals surface area (Å²) in [5.41, 5.74) is 0.912. The lowest BCUT2D eigenvalue weighted by Gasteiger charge is -2.53. The van der Waals surface area contributed by atoms with Gasteiger partial charge in [-0.3, -0.25) is 9.35 Å². The van der Waals surface area contributed by atoms with Gasteiger partial charge in [0.1, 0.15) is 5.56 Å². The Morgan fingerprint density at radius 2 is 1.93 bits per heavy atom. The molecule has 0 bridgehead atoms. The van der Waals surface area contributed by atoms with E-state index in [-0.39, 0.29) is 34.5 Å². The molecule has 1 saturated carbocycles. The second-order valence-electron chi connectivity index (χ2n) is 9.58. The maximum absolute atomic E-state index is 11.6. The molecule has 0 amide bonds. The smallest absolute Gasteiger partial charge is 0.446 e. The first-order valence-corrected chi connectivity index (χ1v) is 11.6. The predicted octanol–water partition coefficient (Wildman–Crippen LogP) is 4.43. The van der Waals surface area contributed by atoms with Crippen LogP contribution < -0.4 is 4.18 Å². The number of aldehydes is 1. The van der Waals surface area contributed by atoms with Gasteiger partial charge in [0.15, 0.2) is 23.5 Å². The van der Waals surface area contributed by atoms with E-state index < -0.39 is 33.2 Å². The van der Waals surface area contributed by atoms with Gasteiger partial charge in [0, 0.05) is 5.56 Å². The number of benzene rings is 1. The van der Waals surface area contributed by atoms with Gasteiger partial charge in [0.2, 0.25) is 0 Å². The van der Waals surface area contributed by atoms with E-state index in [1.807, 2.05) is 0 Å². The molecule has 0 heterocycles. The van der Waals surface area contributed by atoms with E-state index in [0.717, 1.165) is 25.7 Å². The summed E-state index contributed by atoms with van der Waals surface area (Å²) in [6.07, 6.45) is 6.89. The van der Waals surface area contributed by atoms with Gasteiger partial charge >= 0.3 is 10.4 Å². The van der Waals surface area contributed by atoms with Crippen LogP contribution in [0.15, 0.2) is 17.7 Å². The van der Waals surface area contributed by atoms with Gasteiger partial charge in [-0.1, -0.05) is 45.8 Å². The molecule has 1 fully saturated rings. The number of carbonyl (C=O) groups excluding carboxylic acids is 1. The zero-order chi connectivity index (χ0) is 22.5. The highest BCUT2D eigenvalue weighted by molar-refractivity contribution is 7.81. The van der Waals surface area contributed by atoms with Crippen molar-refractivity contribution in [2.45, 2.75) is 59.8 Å². The Labute approximate surface area is 177 Å². The second-order valence-corrected chi connectivity index (χ2v) is 10.6. The monoisotopic (exact) mass is 438 g/mol. The average molecular weight is 439 g/mol. The van der Waals surface area contributed by atoms with E-state index in [2.05, 4.69) is 33.8 Å². The summed E-state index contributed by atoms with van der Waals surface area (Å²) in [5.74, 6) is -1.27. The van der Waals surface area contributed by atoms with Crippen LogP contribution in [0.5, 0.6) is 17.2 Å². The number of rotatable bonds is 5. The molecule has 30 heavy (non-hydrogen) atoms. The summed E-state index contributed by atoms with van der Waals surface area (Å²) in [5, 5.41) is 20.2. The summed E-state index contributed by atoms with van der Waals surface area (Å²) in [6, 6.07) is 1.22. The van der Waals surface area contributed by atoms with Crippen molar-refractivity contribution in [3.8, 4) is 17.2 Å². The highest BCUT2D eigenvalue weighted by atomic mass is 32.3. The van der Waals surface area contributed by atoms with E-state index in [9.17, 15) is 28.0 Å². The minimum absolute atomic E-state index is 0.0726. The van der Waals surface area contributed by atoms with Gasteiger partial charge in [-0.15, -0.1) is 0 Å². The lowest BCUT2D eigenvalue weighted by molar-refractivity contribution is 0.0666. The molecule has 7 nitrogen and oxygen atoms in total. The van der Waals surface area contributed by atoms with E-state index in [1.54, 1.807) is 0 Å². The van der Waals surface area contributed by atoms with Crippen LogP contribution in [0, 0.1) is 22.7 Å². The maximum atomic E-state index is 11.6. The van der Waals surface area contributed by atoms with Crippen molar-refractivity contribution >= 4 is 16.7 Å². The van der Waals surface area contributed by atoms with Crippen LogP contribution in [0.2, 0.25) is 0 Å². The molecule has 0 saturated heterocycles. The fraction of sp³-hybridized carbons (Fsp3) is 0.591. The van der Waals surface area contributed by atoms with E-state index in [1.165, 1.54) is 11.6 Å². The first-order chi connectivity index (χ1) is 13.8. The first kappa shape index (κ1) is 22.6. The number of allylic oxidation sites excluding steroid dienone is 2. The average Bonchev–Trinajstić information content (AvgIpc) is 2.62. The van der Waals surface area contributed by atoms with Crippen LogP contribution in [-0.2, 0) is 16.8 Å². The van der Waals surface area contributed by atoms with Crippen molar-refractivity contribution < 1.29 is 32.2 Å². The zero-order valence-corrected chi connectivity index (χ0v) is 18.6. The third kappa shape index (κ3) is 3.95. The van der Waals surface area contributed by atoms with Crippen LogP contribution >= 0.6 is 0 Å². The quantitative estimate of drug-likeness (QED) is 0.269. The van der Waals surface area contributed by atoms with Crippen LogP contribution in [0.4, 0.5) is 0 Å². The molecule has 0 radical (unpaired) electrons. The molecule has 0 spiro atoms. The third-order valence-electron chi connectivity index (χ3n) is 7.29. The topological polar surface area (TPSA) is 121 Å². The molecule has 0 aliphatic heterocycles. The molecule has 3 atom stereocenters. The number of phenols is 2. The highest BCUT2D eigenvalue weighted by Crippen LogP contribution is 2.58. The van der Waals surface area contributed by atoms with Gasteiger partial charge in [-0.25, -0.2) is 0 Å². The molecule has 1 aromatic carbocycles. The SMILES string of the molecule is C[C@@H]1CC=C2[C@@H](CCCC2(C)C)[C@]1(C)Cc1cc(O)c(O)c(C=O)c1OS(=O)(=O)O. The molecule has 0 aromatic heterocycles. The number of carbonyl (C=O) groups is 1. The lowest BCUT2D eigenvalue weighted by Crippen LogP contribution is -2.44. The van der Waals surface area contributed by atoms with Crippen molar-refractivity contribution in [1.29, 1.82) is 0 Å². The standard InChI is InChI=1S/C22H30O7S/c1-13-7-8-16-17(6-5-9-21(16,2)3)22(13,4)11-14-10-18(24)19(25)15(12-23)20(14)29-30(26,27)28/h8,10,12-13,17,24-25H,5-7,9,11H2,1-4H3,(H,26,27,28)/t13-,17-,22-/m1/s1. The Kier molecular flexibility index (Phi) is 5.71. The summed E-state index contributed by atoms with van der Waals surface area (Å²) in [6.45, 7) is 8.76. The van der Waals surface area contributed by atoms with Crippen LogP contribution in [0.1, 0.15) is 69.3 Å². The minimum atomic E-state index is -4.94. The predicted molar refractivity (Wildman–Crippen MR) is 112 cm³/mol. The molecule has 2 aliphatic carbocycles. The summed E-state index contributed by atoms with van der Waals surface area (Å²) >= 11 is 0. The van der Waals surface area contributed by atoms with Gasteiger partial charge in [-0.05, 0) is 54.4 Å². The minimum Gasteiger partial charge on any atom is -0.504 e. The van der Waals surface area contributed by atoms with Gasteiger partial charge < -0.3 is 14.4 Å². The molecule has 166 valence electrons. The second kappa shape index (κ2) is 7.57. The van der Waals surface area contributed by atoms with E-state index >= 15 is 0 Å². The van der Waals surface area contributed by atoms with Crippen LogP contribution in [-0.4, -0.2) is 29.5 Å². The Bertz CT molecular complexity index is 993. The van der Waals surface area contributed by atoms with Crippen molar-refractivity contribution in [2.24, 2.45) is 22.7 Å². The molecular formula is C22H30O7S. The number of hydrogen-bond acceptors (Lipinski definition) is 6. The highest BCUT2D eigenvalue weighted by Gasteiger charge is 2.48. The van der Waals surface area contributed by atoms with Gasteiger partial charge in [0.25, 0.3) is 0 Å². The molecule has 0 unspecified atom stereocenters. The number of hydrogen-bond donors (Lipinski definition) is 3. The maximum Gasteiger partial charge on any atom is 0.446 e. The fourth-order valence-electron chi connectivity index (χ4n) is 5.41. The summed E-state index contributed by atoms with van der Waals surface area (Å²) in [7, 11) is -4.94. The summed E-state index contributed by atoms with van der Waals surface area (Å²) < 4.78 is 36.8. The first-order valence-electron chi connectivity index (χ1n) is 10.2. The van der Waals surface area contributed by atoms with Crippen LogP contribution in [0.25, 0.3) is 0 Å². The Morgan fingerprint density at radius 1 is 1.27 bits per heavy atom. The van der Waals surface area contributed by atoms with Crippen molar-refractivity contribution in [3.63, 3.8) is 0 Å².